The monoisotopic (exact) mass is 272 g/mol. The first-order chi connectivity index (χ1) is 8.06. The van der Waals surface area contributed by atoms with Gasteiger partial charge < -0.3 is 15.4 Å². The lowest BCUT2D eigenvalue weighted by atomic mass is 10.1. The Morgan fingerprint density at radius 2 is 2.06 bits per heavy atom. The molecule has 0 saturated carbocycles. The first kappa shape index (κ1) is 16.7. The van der Waals surface area contributed by atoms with Crippen molar-refractivity contribution in [1.29, 1.82) is 0 Å². The van der Waals surface area contributed by atoms with E-state index in [1.165, 1.54) is 0 Å². The first-order valence-electron chi connectivity index (χ1n) is 5.68. The molecule has 1 aromatic rings. The average molecular weight is 273 g/mol. The predicted octanol–water partition coefficient (Wildman–Crippen LogP) is 1.47. The molecule has 0 saturated heterocycles. The number of ether oxygens (including phenoxy) is 1. The van der Waals surface area contributed by atoms with Crippen LogP contribution in [0.15, 0.2) is 24.3 Å². The third-order valence-corrected chi connectivity index (χ3v) is 2.67. The van der Waals surface area contributed by atoms with Crippen LogP contribution in [-0.4, -0.2) is 37.6 Å². The third-order valence-electron chi connectivity index (χ3n) is 2.67. The van der Waals surface area contributed by atoms with Crippen molar-refractivity contribution >= 4 is 18.3 Å². The maximum absolute atomic E-state index is 11.6. The molecule has 0 bridgehead atoms. The average Bonchev–Trinajstić information content (AvgIpc) is 2.35. The molecule has 0 aliphatic carbocycles. The van der Waals surface area contributed by atoms with Crippen molar-refractivity contribution in [3.8, 4) is 5.75 Å². The van der Waals surface area contributed by atoms with Gasteiger partial charge in [0, 0.05) is 13.6 Å². The number of halogens is 1. The number of amides is 1. The van der Waals surface area contributed by atoms with Gasteiger partial charge >= 0.3 is 0 Å². The van der Waals surface area contributed by atoms with Crippen LogP contribution in [0.3, 0.4) is 0 Å². The van der Waals surface area contributed by atoms with Crippen LogP contribution in [0.5, 0.6) is 5.75 Å². The summed E-state index contributed by atoms with van der Waals surface area (Å²) in [7, 11) is 3.41. The Balaban J connectivity index is 0.00000289. The smallest absolute Gasteiger partial charge is 0.238 e. The van der Waals surface area contributed by atoms with E-state index in [1.54, 1.807) is 26.0 Å². The van der Waals surface area contributed by atoms with Gasteiger partial charge in [0.15, 0.2) is 0 Å². The lowest BCUT2D eigenvalue weighted by molar-refractivity contribution is -0.130. The Bertz CT molecular complexity index is 383. The summed E-state index contributed by atoms with van der Waals surface area (Å²) < 4.78 is 5.26. The quantitative estimate of drug-likeness (QED) is 0.883. The van der Waals surface area contributed by atoms with E-state index in [2.05, 4.69) is 0 Å². The minimum Gasteiger partial charge on any atom is -0.496 e. The molecule has 18 heavy (non-hydrogen) atoms. The Labute approximate surface area is 115 Å². The Hall–Kier alpha value is -1.26. The largest absolute Gasteiger partial charge is 0.496 e. The fourth-order valence-electron chi connectivity index (χ4n) is 1.66. The van der Waals surface area contributed by atoms with Gasteiger partial charge in [-0.3, -0.25) is 4.79 Å². The minimum absolute atomic E-state index is 0. The molecule has 4 nitrogen and oxygen atoms in total. The van der Waals surface area contributed by atoms with Crippen molar-refractivity contribution in [3.05, 3.63) is 29.8 Å². The maximum Gasteiger partial charge on any atom is 0.238 e. The molecule has 0 spiro atoms. The molecule has 0 fully saturated rings. The molecular formula is C13H21ClN2O2. The van der Waals surface area contributed by atoms with Crippen LogP contribution >= 0.6 is 12.4 Å². The summed E-state index contributed by atoms with van der Waals surface area (Å²) in [5, 5.41) is 0. The summed E-state index contributed by atoms with van der Waals surface area (Å²) in [5.74, 6) is 0.814. The Kier molecular flexibility index (Phi) is 7.39. The molecule has 0 aliphatic heterocycles. The zero-order chi connectivity index (χ0) is 12.8. The molecule has 102 valence electrons. The summed E-state index contributed by atoms with van der Waals surface area (Å²) in [5.41, 5.74) is 6.64. The SMILES string of the molecule is COc1ccccc1CCN(C)C(=O)[C@@H](C)N.Cl. The number of carbonyl (C=O) groups excluding carboxylic acids is 1. The van der Waals surface area contributed by atoms with Gasteiger partial charge in [-0.25, -0.2) is 0 Å². The van der Waals surface area contributed by atoms with E-state index in [-0.39, 0.29) is 18.3 Å². The summed E-state index contributed by atoms with van der Waals surface area (Å²) >= 11 is 0. The molecule has 2 N–H and O–H groups in total. The fraction of sp³-hybridized carbons (Fsp3) is 0.462. The van der Waals surface area contributed by atoms with Gasteiger partial charge in [0.05, 0.1) is 13.2 Å². The van der Waals surface area contributed by atoms with E-state index in [9.17, 15) is 4.79 Å². The standard InChI is InChI=1S/C13H20N2O2.ClH/c1-10(14)13(16)15(2)9-8-11-6-4-5-7-12(11)17-3;/h4-7,10H,8-9,14H2,1-3H3;1H/t10-;/m1./s1. The van der Waals surface area contributed by atoms with Gasteiger partial charge in [-0.1, -0.05) is 18.2 Å². The summed E-state index contributed by atoms with van der Waals surface area (Å²) in [4.78, 5) is 13.2. The number of hydrogen-bond acceptors (Lipinski definition) is 3. The highest BCUT2D eigenvalue weighted by Crippen LogP contribution is 2.17. The van der Waals surface area contributed by atoms with Crippen molar-refractivity contribution in [3.63, 3.8) is 0 Å². The van der Waals surface area contributed by atoms with Crippen LogP contribution in [0.25, 0.3) is 0 Å². The fourth-order valence-corrected chi connectivity index (χ4v) is 1.66. The molecule has 1 atom stereocenters. The van der Waals surface area contributed by atoms with Crippen molar-refractivity contribution in [2.45, 2.75) is 19.4 Å². The molecule has 0 heterocycles. The lowest BCUT2D eigenvalue weighted by Gasteiger charge is -2.19. The van der Waals surface area contributed by atoms with Crippen molar-refractivity contribution in [2.75, 3.05) is 20.7 Å². The number of benzene rings is 1. The number of carbonyl (C=O) groups is 1. The van der Waals surface area contributed by atoms with Crippen LogP contribution in [0, 0.1) is 0 Å². The highest BCUT2D eigenvalue weighted by Gasteiger charge is 2.13. The second-order valence-electron chi connectivity index (χ2n) is 4.11. The van der Waals surface area contributed by atoms with E-state index in [0.29, 0.717) is 6.54 Å². The van der Waals surface area contributed by atoms with Gasteiger partial charge in [0.25, 0.3) is 0 Å². The van der Waals surface area contributed by atoms with E-state index in [4.69, 9.17) is 10.5 Å². The van der Waals surface area contributed by atoms with Crippen LogP contribution in [0.2, 0.25) is 0 Å². The molecule has 1 rings (SSSR count). The van der Waals surface area contributed by atoms with Crippen molar-refractivity contribution in [2.24, 2.45) is 5.73 Å². The highest BCUT2D eigenvalue weighted by atomic mass is 35.5. The van der Waals surface area contributed by atoms with Gasteiger partial charge in [-0.05, 0) is 25.0 Å². The van der Waals surface area contributed by atoms with E-state index < -0.39 is 6.04 Å². The summed E-state index contributed by atoms with van der Waals surface area (Å²) in [6, 6.07) is 7.37. The van der Waals surface area contributed by atoms with Crippen LogP contribution in [0.1, 0.15) is 12.5 Å². The number of nitrogens with two attached hydrogens (primary N) is 1. The van der Waals surface area contributed by atoms with Crippen molar-refractivity contribution in [1.82, 2.24) is 4.90 Å². The van der Waals surface area contributed by atoms with Crippen molar-refractivity contribution < 1.29 is 9.53 Å². The predicted molar refractivity (Wildman–Crippen MR) is 75.2 cm³/mol. The summed E-state index contributed by atoms with van der Waals surface area (Å²) in [6.45, 7) is 2.34. The molecule has 0 unspecified atom stereocenters. The molecule has 1 amide bonds. The van der Waals surface area contributed by atoms with Gasteiger partial charge in [0.1, 0.15) is 5.75 Å². The number of nitrogens with zero attached hydrogens (tertiary/aromatic N) is 1. The molecular weight excluding hydrogens is 252 g/mol. The highest BCUT2D eigenvalue weighted by molar-refractivity contribution is 5.85. The van der Waals surface area contributed by atoms with Crippen LogP contribution in [0.4, 0.5) is 0 Å². The van der Waals surface area contributed by atoms with Crippen LogP contribution < -0.4 is 10.5 Å². The number of hydrogen-bond donors (Lipinski definition) is 1. The maximum atomic E-state index is 11.6. The number of para-hydroxylation sites is 1. The first-order valence-corrected chi connectivity index (χ1v) is 5.68. The van der Waals surface area contributed by atoms with E-state index in [1.807, 2.05) is 24.3 Å². The van der Waals surface area contributed by atoms with E-state index in [0.717, 1.165) is 17.7 Å². The Morgan fingerprint density at radius 1 is 1.44 bits per heavy atom. The second kappa shape index (κ2) is 7.95. The van der Waals surface area contributed by atoms with Crippen LogP contribution in [-0.2, 0) is 11.2 Å². The lowest BCUT2D eigenvalue weighted by Crippen LogP contribution is -2.40. The molecule has 0 radical (unpaired) electrons. The topological polar surface area (TPSA) is 55.6 Å². The van der Waals surface area contributed by atoms with E-state index >= 15 is 0 Å². The number of methoxy groups -OCH3 is 1. The minimum atomic E-state index is -0.447. The molecule has 1 aromatic carbocycles. The Morgan fingerprint density at radius 3 is 2.61 bits per heavy atom. The number of likely N-dealkylation sites (N-methyl/N-ethyl adjacent to an activating group) is 1. The normalized spacial score (nSPS) is 11.3. The zero-order valence-electron chi connectivity index (χ0n) is 11.1. The van der Waals surface area contributed by atoms with Gasteiger partial charge in [-0.2, -0.15) is 0 Å². The van der Waals surface area contributed by atoms with Gasteiger partial charge in [0.2, 0.25) is 5.91 Å². The van der Waals surface area contributed by atoms with Gasteiger partial charge in [-0.15, -0.1) is 12.4 Å². The summed E-state index contributed by atoms with van der Waals surface area (Å²) in [6.07, 6.45) is 0.763. The zero-order valence-corrected chi connectivity index (χ0v) is 11.9. The number of rotatable bonds is 5. The second-order valence-corrected chi connectivity index (χ2v) is 4.11. The molecule has 0 aliphatic rings. The molecule has 0 aromatic heterocycles. The third kappa shape index (κ3) is 4.55. The molecule has 5 heteroatoms.